The van der Waals surface area contributed by atoms with Crippen LogP contribution in [0.4, 0.5) is 0 Å². The van der Waals surface area contributed by atoms with Gasteiger partial charge in [-0.3, -0.25) is 0 Å². The van der Waals surface area contributed by atoms with Gasteiger partial charge in [0.05, 0.1) is 12.2 Å². The highest BCUT2D eigenvalue weighted by Gasteiger charge is 2.08. The number of unbranched alkanes of at least 4 members (excludes halogenated alkanes) is 2. The lowest BCUT2D eigenvalue weighted by atomic mass is 10.2. The largest absolute Gasteiger partial charge is 0.393 e. The first-order valence-electron chi connectivity index (χ1n) is 5.88. The highest BCUT2D eigenvalue weighted by molar-refractivity contribution is 5.03. The first-order valence-corrected chi connectivity index (χ1v) is 5.88. The summed E-state index contributed by atoms with van der Waals surface area (Å²) >= 11 is 0. The molecule has 2 heteroatoms. The molecule has 0 unspecified atom stereocenters. The fraction of sp³-hybridized carbons (Fsp3) is 0.846. The van der Waals surface area contributed by atoms with Gasteiger partial charge in [0, 0.05) is 6.42 Å². The zero-order chi connectivity index (χ0) is 11.7. The third-order valence-corrected chi connectivity index (χ3v) is 2.07. The molecule has 0 rings (SSSR count). The summed E-state index contributed by atoms with van der Waals surface area (Å²) in [5.41, 5.74) is 0. The van der Waals surface area contributed by atoms with Crippen molar-refractivity contribution in [2.75, 3.05) is 0 Å². The molecule has 0 bridgehead atoms. The third-order valence-electron chi connectivity index (χ3n) is 2.07. The minimum absolute atomic E-state index is 0.0318. The lowest BCUT2D eigenvalue weighted by molar-refractivity contribution is 0.00906. The summed E-state index contributed by atoms with van der Waals surface area (Å²) in [6.07, 6.45) is 3.69. The van der Waals surface area contributed by atoms with Crippen molar-refractivity contribution in [2.45, 2.75) is 71.7 Å². The minimum Gasteiger partial charge on any atom is -0.393 e. The van der Waals surface area contributed by atoms with Crippen LogP contribution in [-0.4, -0.2) is 23.4 Å². The quantitative estimate of drug-likeness (QED) is 0.542. The van der Waals surface area contributed by atoms with Gasteiger partial charge >= 0.3 is 0 Å². The van der Waals surface area contributed by atoms with E-state index in [1.165, 1.54) is 6.42 Å². The van der Waals surface area contributed by atoms with Gasteiger partial charge in [0.2, 0.25) is 0 Å². The zero-order valence-electron chi connectivity index (χ0n) is 10.4. The molecule has 0 saturated heterocycles. The number of aliphatic hydroxyl groups is 1. The fourth-order valence-corrected chi connectivity index (χ4v) is 1.40. The van der Waals surface area contributed by atoms with Crippen molar-refractivity contribution in [3.8, 4) is 11.8 Å². The van der Waals surface area contributed by atoms with Crippen LogP contribution in [-0.2, 0) is 4.74 Å². The molecule has 0 aliphatic heterocycles. The minimum atomic E-state index is -0.305. The first kappa shape index (κ1) is 14.5. The molecule has 0 fully saturated rings. The van der Waals surface area contributed by atoms with Crippen molar-refractivity contribution in [1.29, 1.82) is 0 Å². The normalized spacial score (nSPS) is 16.3. The van der Waals surface area contributed by atoms with Crippen molar-refractivity contribution in [3.63, 3.8) is 0 Å². The second-order valence-electron chi connectivity index (χ2n) is 4.10. The van der Waals surface area contributed by atoms with Gasteiger partial charge in [0.1, 0.15) is 6.10 Å². The van der Waals surface area contributed by atoms with E-state index in [2.05, 4.69) is 18.8 Å². The summed E-state index contributed by atoms with van der Waals surface area (Å²) in [5, 5.41) is 9.17. The van der Waals surface area contributed by atoms with E-state index in [1.807, 2.05) is 13.8 Å². The summed E-state index contributed by atoms with van der Waals surface area (Å²) in [6, 6.07) is 0. The molecule has 0 aromatic carbocycles. The maximum absolute atomic E-state index is 9.17. The molecule has 3 atom stereocenters. The number of hydrogen-bond acceptors (Lipinski definition) is 2. The molecule has 2 nitrogen and oxygen atoms in total. The van der Waals surface area contributed by atoms with Crippen molar-refractivity contribution in [2.24, 2.45) is 0 Å². The van der Waals surface area contributed by atoms with Crippen molar-refractivity contribution < 1.29 is 9.84 Å². The Morgan fingerprint density at radius 2 is 1.93 bits per heavy atom. The average molecular weight is 212 g/mol. The van der Waals surface area contributed by atoms with Crippen molar-refractivity contribution in [1.82, 2.24) is 0 Å². The molecule has 0 heterocycles. The molecule has 0 aliphatic rings. The second kappa shape index (κ2) is 8.76. The Morgan fingerprint density at radius 1 is 1.27 bits per heavy atom. The predicted octanol–water partition coefficient (Wildman–Crippen LogP) is 2.74. The van der Waals surface area contributed by atoms with Crippen LogP contribution in [0.15, 0.2) is 0 Å². The van der Waals surface area contributed by atoms with E-state index in [4.69, 9.17) is 9.84 Å². The summed E-state index contributed by atoms with van der Waals surface area (Å²) in [4.78, 5) is 0. The average Bonchev–Trinajstić information content (AvgIpc) is 2.10. The molecule has 0 spiro atoms. The van der Waals surface area contributed by atoms with Crippen LogP contribution in [0.2, 0.25) is 0 Å². The van der Waals surface area contributed by atoms with Crippen LogP contribution in [0, 0.1) is 11.8 Å². The highest BCUT2D eigenvalue weighted by atomic mass is 16.5. The molecular formula is C13H24O2. The molecule has 88 valence electrons. The van der Waals surface area contributed by atoms with Crippen molar-refractivity contribution in [3.05, 3.63) is 0 Å². The monoisotopic (exact) mass is 212 g/mol. The molecule has 0 aliphatic carbocycles. The van der Waals surface area contributed by atoms with Gasteiger partial charge in [-0.1, -0.05) is 19.3 Å². The number of aliphatic hydroxyl groups excluding tert-OH is 1. The molecule has 0 aromatic heterocycles. The van der Waals surface area contributed by atoms with Crippen LogP contribution >= 0.6 is 0 Å². The molecule has 0 aromatic rings. The Kier molecular flexibility index (Phi) is 8.46. The van der Waals surface area contributed by atoms with E-state index in [9.17, 15) is 0 Å². The standard InChI is InChI=1S/C13H24O2/c1-5-6-7-8-9-12(3)15-13(4)10-11(2)14/h11-14H,5-7,10H2,1-4H3/t11-,12+,13-/m1/s1. The van der Waals surface area contributed by atoms with Crippen LogP contribution in [0.3, 0.4) is 0 Å². The van der Waals surface area contributed by atoms with E-state index < -0.39 is 0 Å². The molecule has 0 amide bonds. The van der Waals surface area contributed by atoms with Gasteiger partial charge in [-0.05, 0) is 33.6 Å². The molecule has 0 saturated carbocycles. The van der Waals surface area contributed by atoms with Gasteiger partial charge in [0.15, 0.2) is 0 Å². The zero-order valence-corrected chi connectivity index (χ0v) is 10.4. The maximum Gasteiger partial charge on any atom is 0.115 e. The Labute approximate surface area is 94.0 Å². The highest BCUT2D eigenvalue weighted by Crippen LogP contribution is 2.05. The van der Waals surface area contributed by atoms with E-state index in [0.717, 1.165) is 12.8 Å². The van der Waals surface area contributed by atoms with Crippen LogP contribution in [0.5, 0.6) is 0 Å². The summed E-state index contributed by atoms with van der Waals surface area (Å²) in [7, 11) is 0. The van der Waals surface area contributed by atoms with Gasteiger partial charge in [-0.2, -0.15) is 0 Å². The van der Waals surface area contributed by atoms with Gasteiger partial charge < -0.3 is 9.84 Å². The summed E-state index contributed by atoms with van der Waals surface area (Å²) < 4.78 is 5.61. The Bertz CT molecular complexity index is 200. The molecule has 15 heavy (non-hydrogen) atoms. The number of rotatable bonds is 6. The lowest BCUT2D eigenvalue weighted by Crippen LogP contribution is -2.20. The fourth-order valence-electron chi connectivity index (χ4n) is 1.40. The molecule has 0 radical (unpaired) electrons. The van der Waals surface area contributed by atoms with Crippen LogP contribution in [0.25, 0.3) is 0 Å². The number of hydrogen-bond donors (Lipinski definition) is 1. The number of ether oxygens (including phenoxy) is 1. The van der Waals surface area contributed by atoms with Gasteiger partial charge in [-0.25, -0.2) is 0 Å². The van der Waals surface area contributed by atoms with E-state index >= 15 is 0 Å². The summed E-state index contributed by atoms with van der Waals surface area (Å²) in [6.45, 7) is 7.86. The topological polar surface area (TPSA) is 29.5 Å². The second-order valence-corrected chi connectivity index (χ2v) is 4.10. The predicted molar refractivity (Wildman–Crippen MR) is 63.6 cm³/mol. The smallest absolute Gasteiger partial charge is 0.115 e. The van der Waals surface area contributed by atoms with Crippen molar-refractivity contribution >= 4 is 0 Å². The lowest BCUT2D eigenvalue weighted by Gasteiger charge is -2.16. The van der Waals surface area contributed by atoms with Gasteiger partial charge in [-0.15, -0.1) is 5.92 Å². The van der Waals surface area contributed by atoms with E-state index in [0.29, 0.717) is 6.42 Å². The Hall–Kier alpha value is -0.520. The third kappa shape index (κ3) is 9.78. The van der Waals surface area contributed by atoms with E-state index in [-0.39, 0.29) is 18.3 Å². The SMILES string of the molecule is CCCCC#C[C@H](C)O[C@H](C)C[C@@H](C)O. The Balaban J connectivity index is 3.70. The van der Waals surface area contributed by atoms with E-state index in [1.54, 1.807) is 6.92 Å². The van der Waals surface area contributed by atoms with Crippen LogP contribution < -0.4 is 0 Å². The first-order chi connectivity index (χ1) is 7.06. The maximum atomic E-state index is 9.17. The summed E-state index contributed by atoms with van der Waals surface area (Å²) in [5.74, 6) is 6.17. The van der Waals surface area contributed by atoms with Crippen LogP contribution in [0.1, 0.15) is 53.4 Å². The van der Waals surface area contributed by atoms with Gasteiger partial charge in [0.25, 0.3) is 0 Å². The Morgan fingerprint density at radius 3 is 2.47 bits per heavy atom. The molecule has 1 N–H and O–H groups in total. The molecular weight excluding hydrogens is 188 g/mol.